The lowest BCUT2D eigenvalue weighted by atomic mass is 10.1. The summed E-state index contributed by atoms with van der Waals surface area (Å²) in [6, 6.07) is 25.5. The van der Waals surface area contributed by atoms with E-state index < -0.39 is 0 Å². The molecule has 1 aromatic heterocycles. The van der Waals surface area contributed by atoms with Gasteiger partial charge in [-0.2, -0.15) is 0 Å². The van der Waals surface area contributed by atoms with Gasteiger partial charge in [-0.25, -0.2) is 9.97 Å². The van der Waals surface area contributed by atoms with Crippen LogP contribution in [-0.4, -0.2) is 20.1 Å². The van der Waals surface area contributed by atoms with Crippen LogP contribution in [0, 0.1) is 6.92 Å². The Balaban J connectivity index is 1.61. The molecule has 0 aliphatic carbocycles. The zero-order valence-electron chi connectivity index (χ0n) is 17.2. The number of aromatic hydroxyl groups is 1. The highest BCUT2D eigenvalue weighted by Gasteiger charge is 2.12. The van der Waals surface area contributed by atoms with Crippen molar-refractivity contribution < 1.29 is 5.11 Å². The van der Waals surface area contributed by atoms with Gasteiger partial charge in [0.25, 0.3) is 0 Å². The molecule has 154 valence electrons. The average molecular weight is 426 g/mol. The number of hydrogen-bond donors (Lipinski definition) is 2. The van der Waals surface area contributed by atoms with Crippen LogP contribution in [0.1, 0.15) is 22.4 Å². The topological polar surface area (TPSA) is 58.0 Å². The van der Waals surface area contributed by atoms with Crippen LogP contribution in [0.15, 0.2) is 85.1 Å². The van der Waals surface area contributed by atoms with E-state index >= 15 is 0 Å². The summed E-state index contributed by atoms with van der Waals surface area (Å²) in [5.41, 5.74) is 5.99. The summed E-state index contributed by atoms with van der Waals surface area (Å²) in [4.78, 5) is 10.2. The van der Waals surface area contributed by atoms with Gasteiger partial charge in [0, 0.05) is 18.4 Å². The average Bonchev–Trinajstić information content (AvgIpc) is 2.78. The zero-order chi connectivity index (χ0) is 21.6. The first-order chi connectivity index (χ1) is 15.1. The van der Waals surface area contributed by atoms with E-state index in [9.17, 15) is 5.11 Å². The molecule has 4 nitrogen and oxygen atoms in total. The molecule has 0 aliphatic rings. The quantitative estimate of drug-likeness (QED) is 0.386. The SMILES string of the molecule is Cc1ccc(CC(=S)Nc2ncc(-c3ccc(O)cc3)nc2Cc2ccccc2)cc1. The van der Waals surface area contributed by atoms with Crippen molar-refractivity contribution in [2.24, 2.45) is 0 Å². The van der Waals surface area contributed by atoms with E-state index in [2.05, 4.69) is 53.6 Å². The van der Waals surface area contributed by atoms with Crippen molar-refractivity contribution in [1.82, 2.24) is 9.97 Å². The standard InChI is InChI=1S/C26H23N3OS/c1-18-7-9-20(10-8-18)16-25(31)29-26-23(15-19-5-3-2-4-6-19)28-24(17-27-26)21-11-13-22(30)14-12-21/h2-14,17,30H,15-16H2,1H3,(H,27,29,31). The number of thiocarbonyl (C=S) groups is 1. The first-order valence-electron chi connectivity index (χ1n) is 10.1. The summed E-state index contributed by atoms with van der Waals surface area (Å²) in [5, 5.41) is 12.9. The first-order valence-corrected chi connectivity index (χ1v) is 10.5. The van der Waals surface area contributed by atoms with Gasteiger partial charge in [0.2, 0.25) is 0 Å². The Bertz CT molecular complexity index is 1170. The molecule has 4 rings (SSSR count). The van der Waals surface area contributed by atoms with Gasteiger partial charge < -0.3 is 10.4 Å². The van der Waals surface area contributed by atoms with Crippen LogP contribution >= 0.6 is 12.2 Å². The Morgan fingerprint density at radius 1 is 0.903 bits per heavy atom. The number of aromatic nitrogens is 2. The number of benzene rings is 3. The highest BCUT2D eigenvalue weighted by Crippen LogP contribution is 2.23. The Morgan fingerprint density at radius 2 is 1.61 bits per heavy atom. The molecular formula is C26H23N3OS. The number of nitrogens with one attached hydrogen (secondary N) is 1. The second-order valence-corrected chi connectivity index (χ2v) is 7.96. The molecule has 0 amide bonds. The van der Waals surface area contributed by atoms with Crippen LogP contribution in [0.5, 0.6) is 5.75 Å². The molecule has 31 heavy (non-hydrogen) atoms. The molecule has 0 saturated heterocycles. The fraction of sp³-hybridized carbons (Fsp3) is 0.115. The molecule has 0 saturated carbocycles. The Labute approximate surface area is 187 Å². The van der Waals surface area contributed by atoms with E-state index in [-0.39, 0.29) is 5.75 Å². The molecule has 0 fully saturated rings. The van der Waals surface area contributed by atoms with Crippen molar-refractivity contribution >= 4 is 23.0 Å². The Hall–Kier alpha value is -3.57. The van der Waals surface area contributed by atoms with Crippen molar-refractivity contribution in [3.8, 4) is 17.0 Å². The molecule has 0 aliphatic heterocycles. The third kappa shape index (κ3) is 5.53. The Kier molecular flexibility index (Phi) is 6.34. The molecule has 4 aromatic rings. The van der Waals surface area contributed by atoms with Crippen LogP contribution in [0.2, 0.25) is 0 Å². The van der Waals surface area contributed by atoms with Crippen molar-refractivity contribution in [3.05, 3.63) is 107 Å². The van der Waals surface area contributed by atoms with E-state index in [4.69, 9.17) is 17.2 Å². The van der Waals surface area contributed by atoms with Crippen LogP contribution in [0.4, 0.5) is 5.82 Å². The zero-order valence-corrected chi connectivity index (χ0v) is 18.1. The van der Waals surface area contributed by atoms with Gasteiger partial charge in [0.1, 0.15) is 5.75 Å². The maximum atomic E-state index is 9.57. The molecule has 0 atom stereocenters. The minimum Gasteiger partial charge on any atom is -0.508 e. The van der Waals surface area contributed by atoms with Crippen molar-refractivity contribution in [1.29, 1.82) is 0 Å². The highest BCUT2D eigenvalue weighted by atomic mass is 32.1. The Morgan fingerprint density at radius 3 is 2.32 bits per heavy atom. The second-order valence-electron chi connectivity index (χ2n) is 7.47. The molecule has 1 heterocycles. The maximum Gasteiger partial charge on any atom is 0.152 e. The molecule has 3 aromatic carbocycles. The molecule has 0 spiro atoms. The summed E-state index contributed by atoms with van der Waals surface area (Å²) in [6.07, 6.45) is 3.01. The lowest BCUT2D eigenvalue weighted by Gasteiger charge is -2.13. The third-order valence-corrected chi connectivity index (χ3v) is 5.21. The number of anilines is 1. The van der Waals surface area contributed by atoms with Gasteiger partial charge in [0.15, 0.2) is 5.82 Å². The first kappa shape index (κ1) is 20.7. The van der Waals surface area contributed by atoms with Crippen molar-refractivity contribution in [2.45, 2.75) is 19.8 Å². The van der Waals surface area contributed by atoms with Gasteiger partial charge in [-0.3, -0.25) is 0 Å². The van der Waals surface area contributed by atoms with E-state index in [1.807, 2.05) is 30.3 Å². The monoisotopic (exact) mass is 425 g/mol. The summed E-state index contributed by atoms with van der Waals surface area (Å²) in [6.45, 7) is 2.07. The molecule has 0 unspecified atom stereocenters. The van der Waals surface area contributed by atoms with Gasteiger partial charge in [0.05, 0.1) is 22.6 Å². The van der Waals surface area contributed by atoms with Gasteiger partial charge in [-0.05, 0) is 42.3 Å². The molecule has 2 N–H and O–H groups in total. The van der Waals surface area contributed by atoms with E-state index in [1.165, 1.54) is 5.56 Å². The summed E-state index contributed by atoms with van der Waals surface area (Å²) in [5.74, 6) is 0.893. The van der Waals surface area contributed by atoms with Gasteiger partial charge in [-0.15, -0.1) is 0 Å². The number of aryl methyl sites for hydroxylation is 1. The number of hydrogen-bond acceptors (Lipinski definition) is 4. The van der Waals surface area contributed by atoms with E-state index in [0.717, 1.165) is 28.1 Å². The molecule has 0 radical (unpaired) electrons. The van der Waals surface area contributed by atoms with Crippen LogP contribution < -0.4 is 5.32 Å². The molecule has 0 bridgehead atoms. The lowest BCUT2D eigenvalue weighted by Crippen LogP contribution is -2.16. The number of rotatable bonds is 6. The lowest BCUT2D eigenvalue weighted by molar-refractivity contribution is 0.475. The number of phenolic OH excluding ortho intramolecular Hbond substituents is 1. The normalized spacial score (nSPS) is 10.6. The van der Waals surface area contributed by atoms with Crippen molar-refractivity contribution in [2.75, 3.05) is 5.32 Å². The fourth-order valence-corrected chi connectivity index (χ4v) is 3.55. The predicted molar refractivity (Wildman–Crippen MR) is 129 cm³/mol. The summed E-state index contributed by atoms with van der Waals surface area (Å²) < 4.78 is 0. The summed E-state index contributed by atoms with van der Waals surface area (Å²) in [7, 11) is 0. The second kappa shape index (κ2) is 9.49. The van der Waals surface area contributed by atoms with Crippen LogP contribution in [0.25, 0.3) is 11.3 Å². The van der Waals surface area contributed by atoms with Crippen LogP contribution in [0.3, 0.4) is 0 Å². The predicted octanol–water partition coefficient (Wildman–Crippen LogP) is 5.73. The van der Waals surface area contributed by atoms with Gasteiger partial charge in [-0.1, -0.05) is 72.4 Å². The smallest absolute Gasteiger partial charge is 0.152 e. The fourth-order valence-electron chi connectivity index (χ4n) is 3.28. The van der Waals surface area contributed by atoms with Crippen LogP contribution in [-0.2, 0) is 12.8 Å². The molecular weight excluding hydrogens is 402 g/mol. The minimum absolute atomic E-state index is 0.223. The van der Waals surface area contributed by atoms with E-state index in [0.29, 0.717) is 23.6 Å². The minimum atomic E-state index is 0.223. The van der Waals surface area contributed by atoms with E-state index in [1.54, 1.807) is 18.3 Å². The molecule has 5 heteroatoms. The maximum absolute atomic E-state index is 9.57. The van der Waals surface area contributed by atoms with Crippen molar-refractivity contribution in [3.63, 3.8) is 0 Å². The summed E-state index contributed by atoms with van der Waals surface area (Å²) >= 11 is 5.61. The largest absolute Gasteiger partial charge is 0.508 e. The third-order valence-electron chi connectivity index (χ3n) is 4.97. The number of phenols is 1. The number of nitrogens with zero attached hydrogens (tertiary/aromatic N) is 2. The van der Waals surface area contributed by atoms with Gasteiger partial charge >= 0.3 is 0 Å². The highest BCUT2D eigenvalue weighted by molar-refractivity contribution is 7.80.